The Labute approximate surface area is 388 Å². The van der Waals surface area contributed by atoms with Gasteiger partial charge in [-0.05, 0) is 130 Å². The number of carboxylic acid groups (broad SMARTS) is 1. The van der Waals surface area contributed by atoms with Crippen LogP contribution < -0.4 is 10.6 Å². The number of carboxylic acids is 1. The maximum absolute atomic E-state index is 13.5. The molecule has 0 radical (unpaired) electrons. The van der Waals surface area contributed by atoms with Crippen molar-refractivity contribution in [2.45, 2.75) is 209 Å². The summed E-state index contributed by atoms with van der Waals surface area (Å²) in [5.41, 5.74) is 3.40. The summed E-state index contributed by atoms with van der Waals surface area (Å²) < 4.78 is 0. The Bertz CT molecular complexity index is 1930. The van der Waals surface area contributed by atoms with Gasteiger partial charge in [-0.1, -0.05) is 107 Å². The van der Waals surface area contributed by atoms with E-state index in [2.05, 4.69) is 48.5 Å². The SMILES string of the molecule is CCCCC(O)C(O)C=CC1=C(CC(O)CO)C(CCC(O)C2NC(C)CCCC2CC(=O)O)NC(C(C)(O)C2(c3ccc(O)cc3)CCCCC2)CC#Cc2c(CC)cccc2CC1. The third-order valence-electron chi connectivity index (χ3n) is 15.0. The number of hydrogen-bond acceptors (Lipinski definition) is 10. The van der Waals surface area contributed by atoms with E-state index in [1.54, 1.807) is 18.2 Å². The smallest absolute Gasteiger partial charge is 0.303 e. The number of aryl methyl sites for hydroxylation is 2. The number of aliphatic hydroxyl groups is 6. The normalized spacial score (nSPS) is 26.0. The van der Waals surface area contributed by atoms with Gasteiger partial charge < -0.3 is 51.5 Å². The third-order valence-corrected chi connectivity index (χ3v) is 15.0. The molecule has 2 aromatic rings. The van der Waals surface area contributed by atoms with Crippen molar-refractivity contribution in [3.63, 3.8) is 0 Å². The molecule has 0 bridgehead atoms. The minimum Gasteiger partial charge on any atom is -0.508 e. The number of fused-ring (bicyclic) bond motifs is 1. The highest BCUT2D eigenvalue weighted by Gasteiger charge is 2.53. The maximum atomic E-state index is 13.5. The summed E-state index contributed by atoms with van der Waals surface area (Å²) >= 11 is 0. The molecule has 5 rings (SSSR count). The standard InChI is InChI=1S/C54H80N2O9/c1-5-7-19-47(60)48(61)29-23-39-22-21-38-16-12-15-37(6-2)44(38)18-13-20-50(53(4,65)54(31-9-8-10-32-54)41-24-26-42(58)27-25-41)56-46(45(39)34-43(59)35-57)28-30-49(62)52-40(33-51(63)64)17-11-14-36(3)55-52/h12,15-16,23-27,29,36,40,43,46-50,52,55-62,65H,5-11,14,17,19-22,28,30-35H2,1-4H3,(H,63,64). The van der Waals surface area contributed by atoms with Gasteiger partial charge in [-0.2, -0.15) is 0 Å². The van der Waals surface area contributed by atoms with E-state index in [4.69, 9.17) is 0 Å². The first kappa shape index (κ1) is 52.4. The fourth-order valence-corrected chi connectivity index (χ4v) is 11.1. The second-order valence-corrected chi connectivity index (χ2v) is 19.6. The third kappa shape index (κ3) is 13.8. The van der Waals surface area contributed by atoms with Crippen LogP contribution in [0.15, 0.2) is 65.8 Å². The molecule has 10 atom stereocenters. The number of aliphatic carboxylic acids is 1. The lowest BCUT2D eigenvalue weighted by atomic mass is 9.57. The lowest BCUT2D eigenvalue weighted by Gasteiger charge is -2.52. The number of aromatic hydroxyl groups is 1. The van der Waals surface area contributed by atoms with Crippen molar-refractivity contribution in [2.24, 2.45) is 5.92 Å². The predicted molar refractivity (Wildman–Crippen MR) is 256 cm³/mol. The van der Waals surface area contributed by atoms with E-state index in [9.17, 15) is 45.6 Å². The summed E-state index contributed by atoms with van der Waals surface area (Å²) in [6.45, 7) is 7.58. The van der Waals surface area contributed by atoms with Crippen LogP contribution in [-0.2, 0) is 23.1 Å². The lowest BCUT2D eigenvalue weighted by Crippen LogP contribution is -2.63. The maximum Gasteiger partial charge on any atom is 0.303 e. The molecule has 1 saturated heterocycles. The number of unbranched alkanes of at least 4 members (excludes halogenated alkanes) is 1. The van der Waals surface area contributed by atoms with Crippen molar-refractivity contribution < 1.29 is 45.6 Å². The van der Waals surface area contributed by atoms with Gasteiger partial charge in [0.15, 0.2) is 0 Å². The molecule has 11 nitrogen and oxygen atoms in total. The first-order valence-corrected chi connectivity index (χ1v) is 24.7. The molecule has 2 aromatic carbocycles. The zero-order valence-electron chi connectivity index (χ0n) is 39.5. The Morgan fingerprint density at radius 2 is 1.71 bits per heavy atom. The largest absolute Gasteiger partial charge is 0.508 e. The van der Waals surface area contributed by atoms with E-state index < -0.39 is 66.1 Å². The van der Waals surface area contributed by atoms with E-state index in [0.717, 1.165) is 84.8 Å². The fourth-order valence-electron chi connectivity index (χ4n) is 11.1. The molecule has 0 amide bonds. The van der Waals surface area contributed by atoms with Crippen LogP contribution in [0.4, 0.5) is 0 Å². The van der Waals surface area contributed by atoms with Crippen LogP contribution in [-0.4, -0.2) is 108 Å². The van der Waals surface area contributed by atoms with Crippen LogP contribution in [0, 0.1) is 17.8 Å². The molecule has 1 saturated carbocycles. The molecular formula is C54H80N2O9. The number of carbonyl (C=O) groups is 1. The highest BCUT2D eigenvalue weighted by atomic mass is 16.4. The molecule has 3 aliphatic rings. The fraction of sp³-hybridized carbons (Fsp3) is 0.648. The van der Waals surface area contributed by atoms with Crippen LogP contribution in [0.3, 0.4) is 0 Å². The average molecular weight is 901 g/mol. The van der Waals surface area contributed by atoms with Gasteiger partial charge in [0.05, 0.1) is 36.6 Å². The number of allylic oxidation sites excluding steroid dienone is 2. The molecule has 11 heteroatoms. The van der Waals surface area contributed by atoms with Crippen molar-refractivity contribution in [2.75, 3.05) is 6.61 Å². The zero-order valence-corrected chi connectivity index (χ0v) is 39.5. The molecule has 10 N–H and O–H groups in total. The van der Waals surface area contributed by atoms with Crippen LogP contribution in [0.2, 0.25) is 0 Å². The summed E-state index contributed by atoms with van der Waals surface area (Å²) in [5, 5.41) is 97.5. The molecule has 360 valence electrons. The Balaban J connectivity index is 1.72. The highest BCUT2D eigenvalue weighted by molar-refractivity contribution is 5.67. The van der Waals surface area contributed by atoms with Gasteiger partial charge in [0.1, 0.15) is 5.75 Å². The summed E-state index contributed by atoms with van der Waals surface area (Å²) in [6, 6.07) is 11.7. The minimum absolute atomic E-state index is 0.0459. The molecule has 2 aliphatic heterocycles. The van der Waals surface area contributed by atoms with Gasteiger partial charge in [-0.15, -0.1) is 0 Å². The topological polar surface area (TPSA) is 203 Å². The highest BCUT2D eigenvalue weighted by Crippen LogP contribution is 2.50. The summed E-state index contributed by atoms with van der Waals surface area (Å²) in [5.74, 6) is 6.02. The zero-order chi connectivity index (χ0) is 47.1. The number of hydrogen-bond donors (Lipinski definition) is 10. The number of aliphatic hydroxyl groups excluding tert-OH is 5. The van der Waals surface area contributed by atoms with Crippen molar-refractivity contribution in [3.8, 4) is 17.6 Å². The van der Waals surface area contributed by atoms with Crippen molar-refractivity contribution >= 4 is 5.97 Å². The molecule has 0 spiro atoms. The Morgan fingerprint density at radius 1 is 0.969 bits per heavy atom. The number of phenols is 1. The van der Waals surface area contributed by atoms with Crippen molar-refractivity contribution in [1.29, 1.82) is 0 Å². The van der Waals surface area contributed by atoms with Crippen LogP contribution >= 0.6 is 0 Å². The molecule has 0 aromatic heterocycles. The Morgan fingerprint density at radius 3 is 2.38 bits per heavy atom. The Hall–Kier alpha value is -3.57. The summed E-state index contributed by atoms with van der Waals surface area (Å²) in [4.78, 5) is 12.1. The first-order chi connectivity index (χ1) is 31.1. The molecule has 1 aliphatic carbocycles. The summed E-state index contributed by atoms with van der Waals surface area (Å²) in [6.07, 6.45) is 10.5. The van der Waals surface area contributed by atoms with E-state index in [1.165, 1.54) is 0 Å². The number of rotatable bonds is 19. The average Bonchev–Trinajstić information content (AvgIpc) is 3.48. The monoisotopic (exact) mass is 901 g/mol. The van der Waals surface area contributed by atoms with Crippen LogP contribution in [0.5, 0.6) is 5.75 Å². The predicted octanol–water partition coefficient (Wildman–Crippen LogP) is 6.89. The van der Waals surface area contributed by atoms with Gasteiger partial charge in [-0.3, -0.25) is 4.79 Å². The Kier molecular flexibility index (Phi) is 20.1. The van der Waals surface area contributed by atoms with Crippen LogP contribution in [0.25, 0.3) is 0 Å². The number of nitrogens with one attached hydrogen (secondary N) is 2. The first-order valence-electron chi connectivity index (χ1n) is 24.7. The lowest BCUT2D eigenvalue weighted by molar-refractivity contribution is -0.138. The minimum atomic E-state index is -1.44. The number of benzene rings is 2. The van der Waals surface area contributed by atoms with Gasteiger partial charge >= 0.3 is 5.97 Å². The van der Waals surface area contributed by atoms with Gasteiger partial charge in [-0.25, -0.2) is 0 Å². The van der Waals surface area contributed by atoms with Gasteiger partial charge in [0, 0.05) is 48.0 Å². The van der Waals surface area contributed by atoms with Crippen molar-refractivity contribution in [1.82, 2.24) is 10.6 Å². The number of phenolic OH excluding ortho intramolecular Hbond substituents is 1. The molecular weight excluding hydrogens is 821 g/mol. The quantitative estimate of drug-likeness (QED) is 0.0658. The van der Waals surface area contributed by atoms with E-state index in [-0.39, 0.29) is 43.4 Å². The molecule has 10 unspecified atom stereocenters. The van der Waals surface area contributed by atoms with E-state index in [0.29, 0.717) is 44.9 Å². The molecule has 2 heterocycles. The molecule has 2 fully saturated rings. The molecule has 65 heavy (non-hydrogen) atoms. The second kappa shape index (κ2) is 25.0. The van der Waals surface area contributed by atoms with E-state index in [1.807, 2.05) is 38.1 Å². The van der Waals surface area contributed by atoms with Gasteiger partial charge in [0.2, 0.25) is 0 Å². The van der Waals surface area contributed by atoms with Crippen molar-refractivity contribution in [3.05, 3.63) is 88.0 Å². The van der Waals surface area contributed by atoms with E-state index >= 15 is 0 Å². The van der Waals surface area contributed by atoms with Gasteiger partial charge in [0.25, 0.3) is 0 Å². The summed E-state index contributed by atoms with van der Waals surface area (Å²) in [7, 11) is 0. The van der Waals surface area contributed by atoms with Crippen LogP contribution in [0.1, 0.15) is 159 Å². The second-order valence-electron chi connectivity index (χ2n) is 19.6.